The predicted molar refractivity (Wildman–Crippen MR) is 272 cm³/mol. The molecule has 4 saturated heterocycles. The summed E-state index contributed by atoms with van der Waals surface area (Å²) in [7, 11) is -20.3. The van der Waals surface area contributed by atoms with Gasteiger partial charge >= 0.3 is 43.1 Å². The van der Waals surface area contributed by atoms with Crippen LogP contribution < -0.4 is 39.9 Å². The van der Waals surface area contributed by atoms with Gasteiger partial charge in [0.1, 0.15) is 103 Å². The van der Waals surface area contributed by atoms with Gasteiger partial charge in [-0.1, -0.05) is 0 Å². The number of H-pyrrole nitrogens is 1. The maximum absolute atomic E-state index is 14.1. The van der Waals surface area contributed by atoms with E-state index in [0.717, 1.165) is 51.1 Å². The number of nitrogens with zero attached hydrogens (tertiary/aromatic N) is 11. The number of hydrogen-bond donors (Lipinski definition) is 14. The fraction of sp³-hybridized carbons (Fsp3) is 0.526. The van der Waals surface area contributed by atoms with Gasteiger partial charge < -0.3 is 82.1 Å². The lowest BCUT2D eigenvalue weighted by Gasteiger charge is -2.26. The zero-order valence-electron chi connectivity index (χ0n) is 42.5. The molecule has 4 fully saturated rings. The largest absolute Gasteiger partial charge is 0.694 e. The van der Waals surface area contributed by atoms with Crippen LogP contribution in [0.3, 0.4) is 0 Å². The van der Waals surface area contributed by atoms with Gasteiger partial charge in [0.15, 0.2) is 47.5 Å². The van der Waals surface area contributed by atoms with Crippen molar-refractivity contribution in [1.29, 1.82) is 0 Å². The molecule has 0 aromatic carbocycles. The van der Waals surface area contributed by atoms with Gasteiger partial charge in [-0.15, -0.1) is 9.42 Å². The van der Waals surface area contributed by atoms with E-state index in [0.29, 0.717) is 4.57 Å². The molecule has 4 aliphatic heterocycles. The van der Waals surface area contributed by atoms with Crippen LogP contribution in [0.5, 0.6) is 0 Å². The summed E-state index contributed by atoms with van der Waals surface area (Å²) in [6, 6.07) is 2.26. The van der Waals surface area contributed by atoms with E-state index in [1.54, 1.807) is 0 Å². The zero-order valence-corrected chi connectivity index (χ0v) is 46.1. The molecule has 6 aromatic heterocycles. The van der Waals surface area contributed by atoms with E-state index < -0.39 is 179 Å². The Hall–Kier alpha value is -6.15. The van der Waals surface area contributed by atoms with Crippen LogP contribution in [0.2, 0.25) is 0 Å². The molecule has 18 N–H and O–H groups in total. The summed E-state index contributed by atoms with van der Waals surface area (Å²) in [6.07, 6.45) is -25.5. The maximum Gasteiger partial charge on any atom is 0.694 e. The van der Waals surface area contributed by atoms with Gasteiger partial charge in [-0.3, -0.25) is 55.2 Å². The summed E-state index contributed by atoms with van der Waals surface area (Å²) in [5.74, 6) is -1.01. The van der Waals surface area contributed by atoms with Gasteiger partial charge in [-0.25, -0.2) is 43.2 Å². The third-order valence-electron chi connectivity index (χ3n) is 13.2. The first-order valence-electron chi connectivity index (χ1n) is 24.2. The first-order chi connectivity index (χ1) is 40.1. The van der Waals surface area contributed by atoms with Crippen LogP contribution in [-0.4, -0.2) is 203 Å². The quantitative estimate of drug-likeness (QED) is 0.0282. The van der Waals surface area contributed by atoms with Crippen molar-refractivity contribution in [1.82, 2.24) is 58.1 Å². The standard InChI is InChI=1S/C38H48N16O27P4/c39-16-1-3-51(37(61)47-16)32-21(56)20(55)12(75-32)6-72-83(65,66)80-26-14(77-33(22(26)57)52-4-2-17(40)48-38(52)62)7-73-85(69,70)81-27-15(78-35(24(27)59)54-11-46-19-30(54)49-36(42)50-31(19)60)8-74-84(67,68)79-25-13(5-71-82(63)64)76-34(23(25)58)53-10-45-18-28(41)43-9-44-29(18)53/h1-4,9-15,20-27,32-35,55-59H,5-8H2,(H12-,39,40,41,42,43,44,47,48,49,50,60,61,62,63,64,65,66,67,68,69,70)/p+1/t12-,13-,14-,15-,20-,21-,22-,23-,24-,25-,26-,27-,32-,33-,34-,35-/m1/s1. The van der Waals surface area contributed by atoms with Crippen molar-refractivity contribution in [2.24, 2.45) is 0 Å². The van der Waals surface area contributed by atoms with Crippen LogP contribution >= 0.6 is 31.7 Å². The highest BCUT2D eigenvalue weighted by molar-refractivity contribution is 7.48. The third kappa shape index (κ3) is 13.0. The van der Waals surface area contributed by atoms with Crippen LogP contribution in [0.4, 0.5) is 23.4 Å². The number of nitrogens with two attached hydrogens (primary N) is 4. The van der Waals surface area contributed by atoms with Crippen molar-refractivity contribution in [3.63, 3.8) is 0 Å². The molecule has 6 aromatic rings. The lowest BCUT2D eigenvalue weighted by molar-refractivity contribution is -0.0649. The molecule has 0 bridgehead atoms. The molecule has 85 heavy (non-hydrogen) atoms. The lowest BCUT2D eigenvalue weighted by Crippen LogP contribution is -2.38. The number of aromatic amines is 1. The Morgan fingerprint density at radius 3 is 1.46 bits per heavy atom. The Morgan fingerprint density at radius 1 is 0.553 bits per heavy atom. The maximum atomic E-state index is 14.1. The van der Waals surface area contributed by atoms with Crippen molar-refractivity contribution >= 4 is 77.5 Å². The molecule has 43 nitrogen and oxygen atoms in total. The topological polar surface area (TPSA) is 633 Å². The molecule has 10 heterocycles. The van der Waals surface area contributed by atoms with Crippen LogP contribution in [0.25, 0.3) is 22.3 Å². The summed E-state index contributed by atoms with van der Waals surface area (Å²) >= 11 is 0. The SMILES string of the molecule is Nc1ccn([C@@H]2O[C@H](COP(=O)(O)O[C@H]3[C@@H](O)[C@H](n4ccc(N)nc4=O)O[C@@H]3COP(=O)(O)O[C@H]3[C@@H](O)[C@H](n4cnc5c(=O)[nH]c(N)nc54)O[C@@H]3COP(=O)(O)O[C@H]3[C@@H](O)[C@H](n4cnc5c(N)ncnc54)O[C@@H]3CO[P+](=O)O)[C@@H](O)[C@H]2O)c(=O)n1. The zero-order chi connectivity index (χ0) is 61.2. The van der Waals surface area contributed by atoms with Crippen molar-refractivity contribution in [3.05, 3.63) is 74.8 Å². The minimum absolute atomic E-state index is 0.00443. The Kier molecular flexibility index (Phi) is 17.6. The van der Waals surface area contributed by atoms with E-state index >= 15 is 0 Å². The summed E-state index contributed by atoms with van der Waals surface area (Å²) in [6.45, 7) is -4.45. The Morgan fingerprint density at radius 2 is 0.976 bits per heavy atom. The molecule has 0 aliphatic carbocycles. The molecule has 0 saturated carbocycles. The molecule has 0 amide bonds. The van der Waals surface area contributed by atoms with E-state index in [1.807, 2.05) is 0 Å². The number of nitrogen functional groups attached to an aromatic ring is 4. The number of phosphoric ester groups is 3. The van der Waals surface area contributed by atoms with Crippen molar-refractivity contribution in [3.8, 4) is 0 Å². The van der Waals surface area contributed by atoms with Gasteiger partial charge in [-0.2, -0.15) is 15.0 Å². The Balaban J connectivity index is 0.871. The van der Waals surface area contributed by atoms with E-state index in [-0.39, 0.29) is 39.8 Å². The average molecular weight is 1290 g/mol. The van der Waals surface area contributed by atoms with Crippen LogP contribution in [-0.2, 0) is 68.9 Å². The number of hydrogen-bond acceptors (Lipinski definition) is 34. The molecule has 47 heteroatoms. The number of imidazole rings is 2. The summed E-state index contributed by atoms with van der Waals surface area (Å²) in [4.78, 5) is 110. The van der Waals surface area contributed by atoms with E-state index in [4.69, 9.17) is 73.5 Å². The normalized spacial score (nSPS) is 32.0. The highest BCUT2D eigenvalue weighted by Gasteiger charge is 2.55. The summed E-state index contributed by atoms with van der Waals surface area (Å²) in [5.41, 5.74) is 19.1. The van der Waals surface area contributed by atoms with Gasteiger partial charge in [0.25, 0.3) is 5.56 Å². The number of fused-ring (bicyclic) bond motifs is 2. The highest BCUT2D eigenvalue weighted by atomic mass is 31.2. The molecule has 10 rings (SSSR count). The molecule has 20 atom stereocenters. The van der Waals surface area contributed by atoms with Crippen molar-refractivity contribution in [2.45, 2.75) is 98.2 Å². The van der Waals surface area contributed by atoms with Gasteiger partial charge in [0.2, 0.25) is 5.95 Å². The lowest BCUT2D eigenvalue weighted by atomic mass is 10.1. The number of nitrogens with one attached hydrogen (secondary N) is 1. The second kappa shape index (κ2) is 24.2. The second-order valence-corrected chi connectivity index (χ2v) is 23.6. The van der Waals surface area contributed by atoms with Crippen LogP contribution in [0, 0.1) is 0 Å². The molecular formula is C38H49N16O27P4+. The van der Waals surface area contributed by atoms with E-state index in [1.165, 1.54) is 6.07 Å². The second-order valence-electron chi connectivity index (χ2n) is 18.7. The average Bonchev–Trinajstić information content (AvgIpc) is 2.03. The first kappa shape index (κ1) is 61.9. The van der Waals surface area contributed by atoms with E-state index in [2.05, 4.69) is 39.9 Å². The minimum atomic E-state index is -5.78. The Bertz CT molecular complexity index is 3820. The molecule has 4 aliphatic rings. The van der Waals surface area contributed by atoms with Crippen molar-refractivity contribution in [2.75, 3.05) is 49.4 Å². The van der Waals surface area contributed by atoms with Crippen LogP contribution in [0.15, 0.2) is 57.9 Å². The molecule has 0 spiro atoms. The smallest absolute Gasteiger partial charge is 0.387 e. The van der Waals surface area contributed by atoms with Crippen molar-refractivity contribution < 1.29 is 114 Å². The molecule has 462 valence electrons. The summed E-state index contributed by atoms with van der Waals surface area (Å²) < 4.78 is 116. The molecular weight excluding hydrogens is 1240 g/mol. The summed E-state index contributed by atoms with van der Waals surface area (Å²) in [5, 5.41) is 56.2. The first-order valence-corrected chi connectivity index (χ1v) is 29.8. The predicted octanol–water partition coefficient (Wildman–Crippen LogP) is -5.63. The number of anilines is 4. The number of phosphoric acid groups is 3. The monoisotopic (exact) mass is 1290 g/mol. The Labute approximate surface area is 470 Å². The number of rotatable bonds is 22. The molecule has 4 unspecified atom stereocenters. The minimum Gasteiger partial charge on any atom is -0.387 e. The van der Waals surface area contributed by atoms with Gasteiger partial charge in [-0.05, 0) is 12.1 Å². The van der Waals surface area contributed by atoms with Gasteiger partial charge in [0.05, 0.1) is 32.5 Å². The van der Waals surface area contributed by atoms with Gasteiger partial charge in [0, 0.05) is 17.0 Å². The fourth-order valence-electron chi connectivity index (χ4n) is 9.36. The molecule has 0 radical (unpaired) electrons. The number of aliphatic hydroxyl groups is 5. The number of aromatic nitrogens is 12. The number of aliphatic hydroxyl groups excluding tert-OH is 5. The van der Waals surface area contributed by atoms with E-state index in [9.17, 15) is 77.8 Å². The highest BCUT2D eigenvalue weighted by Crippen LogP contribution is 2.54. The van der Waals surface area contributed by atoms with Crippen LogP contribution in [0.1, 0.15) is 24.9 Å². The fourth-order valence-corrected chi connectivity index (χ4v) is 12.5. The third-order valence-corrected chi connectivity index (χ3v) is 16.5. The number of ether oxygens (including phenoxy) is 4.